The fraction of sp³-hybridized carbons (Fsp3) is 0.538. The average molecular weight is 411 g/mol. The Kier molecular flexibility index (Phi) is 8.30. The summed E-state index contributed by atoms with van der Waals surface area (Å²) in [7, 11) is 0. The van der Waals surface area contributed by atoms with Crippen LogP contribution in [0.2, 0.25) is 0 Å². The van der Waals surface area contributed by atoms with E-state index in [2.05, 4.69) is 13.8 Å². The topological polar surface area (TPSA) is 52.6 Å². The van der Waals surface area contributed by atoms with Gasteiger partial charge in [-0.2, -0.15) is 0 Å². The maximum absolute atomic E-state index is 12.5. The zero-order valence-electron chi connectivity index (χ0n) is 18.4. The number of ether oxygens (including phenoxy) is 2. The second-order valence-corrected chi connectivity index (χ2v) is 8.23. The number of hydrogen-bond donors (Lipinski definition) is 0. The molecule has 0 atom stereocenters. The van der Waals surface area contributed by atoms with Gasteiger partial charge < -0.3 is 9.47 Å². The normalized spacial score (nSPS) is 13.1. The van der Waals surface area contributed by atoms with Crippen LogP contribution in [0.5, 0.6) is 11.5 Å². The Morgan fingerprint density at radius 3 is 1.57 bits per heavy atom. The summed E-state index contributed by atoms with van der Waals surface area (Å²) in [5, 5.41) is 1.72. The second kappa shape index (κ2) is 11.1. The van der Waals surface area contributed by atoms with Crippen LogP contribution in [0.15, 0.2) is 24.3 Å². The first-order chi connectivity index (χ1) is 14.7. The molecule has 0 aromatic heterocycles. The summed E-state index contributed by atoms with van der Waals surface area (Å²) in [4.78, 5) is 25.0. The monoisotopic (exact) mass is 410 g/mol. The molecule has 0 unspecified atom stereocenters. The number of unbranched alkanes of at least 4 members (excludes halogenated alkanes) is 4. The van der Waals surface area contributed by atoms with E-state index in [0.717, 1.165) is 86.1 Å². The summed E-state index contributed by atoms with van der Waals surface area (Å²) in [6.07, 6.45) is 10.6. The molecule has 2 aromatic carbocycles. The minimum absolute atomic E-state index is 0.175. The summed E-state index contributed by atoms with van der Waals surface area (Å²) in [5.41, 5.74) is 2.08. The average Bonchev–Trinajstić information content (AvgIpc) is 2.76. The zero-order valence-corrected chi connectivity index (χ0v) is 18.4. The molecule has 1 aliphatic carbocycles. The van der Waals surface area contributed by atoms with Gasteiger partial charge in [0.25, 0.3) is 0 Å². The van der Waals surface area contributed by atoms with Crippen molar-refractivity contribution in [2.24, 2.45) is 0 Å². The number of carbonyl (C=O) groups excluding carboxylic acids is 2. The Bertz CT molecular complexity index is 812. The third kappa shape index (κ3) is 5.41. The quantitative estimate of drug-likeness (QED) is 0.249. The molecule has 0 fully saturated rings. The van der Waals surface area contributed by atoms with Crippen molar-refractivity contribution in [2.45, 2.75) is 90.9 Å². The van der Waals surface area contributed by atoms with Crippen molar-refractivity contribution in [3.05, 3.63) is 35.4 Å². The molecular formula is C26H34O4. The summed E-state index contributed by atoms with van der Waals surface area (Å²) >= 11 is 0. The molecular weight excluding hydrogens is 376 g/mol. The number of fused-ring (bicyclic) bond motifs is 2. The Hall–Kier alpha value is -2.36. The first-order valence-corrected chi connectivity index (χ1v) is 11.6. The molecule has 162 valence electrons. The lowest BCUT2D eigenvalue weighted by Crippen LogP contribution is -2.16. The van der Waals surface area contributed by atoms with Gasteiger partial charge in [0.1, 0.15) is 11.5 Å². The van der Waals surface area contributed by atoms with Gasteiger partial charge in [-0.15, -0.1) is 0 Å². The van der Waals surface area contributed by atoms with E-state index in [-0.39, 0.29) is 11.9 Å². The molecule has 0 radical (unpaired) electrons. The van der Waals surface area contributed by atoms with E-state index >= 15 is 0 Å². The first kappa shape index (κ1) is 22.3. The number of rotatable bonds is 10. The summed E-state index contributed by atoms with van der Waals surface area (Å²) < 4.78 is 11.9. The van der Waals surface area contributed by atoms with Gasteiger partial charge in [0.2, 0.25) is 0 Å². The molecule has 0 aliphatic heterocycles. The van der Waals surface area contributed by atoms with E-state index in [9.17, 15) is 9.59 Å². The molecule has 0 amide bonds. The fourth-order valence-corrected chi connectivity index (χ4v) is 4.21. The van der Waals surface area contributed by atoms with Gasteiger partial charge in [-0.3, -0.25) is 9.59 Å². The second-order valence-electron chi connectivity index (χ2n) is 8.23. The third-order valence-corrected chi connectivity index (χ3v) is 5.83. The standard InChI is InChI=1S/C26H34O4/c1-3-5-7-17-23(27)29-25-19-13-9-11-15-21(19)26(22-16-12-10-14-20(22)25)30-24(28)18-8-6-4-2/h9,11,13,15H,3-8,10,12,14,16-18H2,1-2H3. The molecule has 2 aromatic rings. The Morgan fingerprint density at radius 1 is 0.733 bits per heavy atom. The van der Waals surface area contributed by atoms with E-state index in [4.69, 9.17) is 9.47 Å². The molecule has 0 saturated carbocycles. The lowest BCUT2D eigenvalue weighted by Gasteiger charge is -2.24. The molecule has 0 bridgehead atoms. The van der Waals surface area contributed by atoms with Crippen molar-refractivity contribution >= 4 is 22.7 Å². The molecule has 4 nitrogen and oxygen atoms in total. The van der Waals surface area contributed by atoms with Crippen molar-refractivity contribution in [1.82, 2.24) is 0 Å². The summed E-state index contributed by atoms with van der Waals surface area (Å²) in [6, 6.07) is 7.82. The molecule has 0 heterocycles. The molecule has 30 heavy (non-hydrogen) atoms. The van der Waals surface area contributed by atoms with E-state index in [1.54, 1.807) is 0 Å². The van der Waals surface area contributed by atoms with Crippen LogP contribution in [0.3, 0.4) is 0 Å². The maximum Gasteiger partial charge on any atom is 0.311 e. The Morgan fingerprint density at radius 2 is 1.17 bits per heavy atom. The highest BCUT2D eigenvalue weighted by molar-refractivity contribution is 5.98. The largest absolute Gasteiger partial charge is 0.426 e. The minimum Gasteiger partial charge on any atom is -0.426 e. The number of hydrogen-bond acceptors (Lipinski definition) is 4. The van der Waals surface area contributed by atoms with Gasteiger partial charge in [0, 0.05) is 34.7 Å². The van der Waals surface area contributed by atoms with Crippen molar-refractivity contribution in [3.8, 4) is 11.5 Å². The van der Waals surface area contributed by atoms with E-state index in [0.29, 0.717) is 24.3 Å². The number of carbonyl (C=O) groups is 2. The van der Waals surface area contributed by atoms with Crippen LogP contribution in [0.4, 0.5) is 0 Å². The lowest BCUT2D eigenvalue weighted by atomic mass is 9.87. The molecule has 3 rings (SSSR count). The van der Waals surface area contributed by atoms with Crippen molar-refractivity contribution in [1.29, 1.82) is 0 Å². The van der Waals surface area contributed by atoms with Crippen molar-refractivity contribution < 1.29 is 19.1 Å². The fourth-order valence-electron chi connectivity index (χ4n) is 4.21. The lowest BCUT2D eigenvalue weighted by molar-refractivity contribution is -0.135. The number of benzene rings is 2. The van der Waals surface area contributed by atoms with Crippen LogP contribution in [-0.4, -0.2) is 11.9 Å². The van der Waals surface area contributed by atoms with Gasteiger partial charge >= 0.3 is 11.9 Å². The molecule has 1 aliphatic rings. The van der Waals surface area contributed by atoms with E-state index < -0.39 is 0 Å². The highest BCUT2D eigenvalue weighted by Crippen LogP contribution is 2.44. The van der Waals surface area contributed by atoms with Crippen molar-refractivity contribution in [3.63, 3.8) is 0 Å². The van der Waals surface area contributed by atoms with Crippen LogP contribution >= 0.6 is 0 Å². The predicted molar refractivity (Wildman–Crippen MR) is 120 cm³/mol. The van der Waals surface area contributed by atoms with Gasteiger partial charge in [0.15, 0.2) is 0 Å². The van der Waals surface area contributed by atoms with Crippen LogP contribution in [-0.2, 0) is 22.4 Å². The Labute approximate surface area is 179 Å². The van der Waals surface area contributed by atoms with Crippen LogP contribution in [0.25, 0.3) is 10.8 Å². The predicted octanol–water partition coefficient (Wildman–Crippen LogP) is 6.69. The molecule has 0 N–H and O–H groups in total. The van der Waals surface area contributed by atoms with Crippen LogP contribution < -0.4 is 9.47 Å². The van der Waals surface area contributed by atoms with Crippen LogP contribution in [0, 0.1) is 0 Å². The SMILES string of the molecule is CCCCCC(=O)Oc1c2c(c(OC(=O)CCCCC)c3ccccc13)CCCC2. The molecule has 0 saturated heterocycles. The van der Waals surface area contributed by atoms with Gasteiger partial charge in [-0.1, -0.05) is 63.8 Å². The highest BCUT2D eigenvalue weighted by Gasteiger charge is 2.26. The first-order valence-electron chi connectivity index (χ1n) is 11.6. The van der Waals surface area contributed by atoms with Gasteiger partial charge in [-0.25, -0.2) is 0 Å². The molecule has 4 heteroatoms. The van der Waals surface area contributed by atoms with Gasteiger partial charge in [0.05, 0.1) is 0 Å². The maximum atomic E-state index is 12.5. The molecule has 0 spiro atoms. The van der Waals surface area contributed by atoms with Crippen LogP contribution in [0.1, 0.15) is 89.2 Å². The Balaban J connectivity index is 1.96. The van der Waals surface area contributed by atoms with Gasteiger partial charge in [-0.05, 0) is 38.5 Å². The number of esters is 2. The zero-order chi connectivity index (χ0) is 21.3. The smallest absolute Gasteiger partial charge is 0.311 e. The van der Waals surface area contributed by atoms with E-state index in [1.807, 2.05) is 24.3 Å². The van der Waals surface area contributed by atoms with E-state index in [1.165, 1.54) is 0 Å². The van der Waals surface area contributed by atoms with Crippen molar-refractivity contribution in [2.75, 3.05) is 0 Å². The highest BCUT2D eigenvalue weighted by atomic mass is 16.5. The summed E-state index contributed by atoms with van der Waals surface area (Å²) in [5.74, 6) is 0.997. The minimum atomic E-state index is -0.175. The third-order valence-electron chi connectivity index (χ3n) is 5.83. The summed E-state index contributed by atoms with van der Waals surface area (Å²) in [6.45, 7) is 4.25.